The summed E-state index contributed by atoms with van der Waals surface area (Å²) in [6.07, 6.45) is 4.00. The van der Waals surface area contributed by atoms with Gasteiger partial charge >= 0.3 is 0 Å². The molecule has 0 aliphatic heterocycles. The number of anilines is 1. The first-order chi connectivity index (χ1) is 12.6. The summed E-state index contributed by atoms with van der Waals surface area (Å²) in [6.45, 7) is 1.98. The Morgan fingerprint density at radius 2 is 2.00 bits per heavy atom. The van der Waals surface area contributed by atoms with Gasteiger partial charge < -0.3 is 10.1 Å². The summed E-state index contributed by atoms with van der Waals surface area (Å²) in [7, 11) is 1.63. The van der Waals surface area contributed by atoms with E-state index in [9.17, 15) is 4.79 Å². The number of thioether (sulfide) groups is 1. The quantitative estimate of drug-likeness (QED) is 0.667. The first-order valence-corrected chi connectivity index (χ1v) is 9.45. The van der Waals surface area contributed by atoms with Crippen LogP contribution in [0.25, 0.3) is 5.69 Å². The molecule has 1 amide bonds. The highest BCUT2D eigenvalue weighted by Crippen LogP contribution is 2.28. The lowest BCUT2D eigenvalue weighted by Crippen LogP contribution is -2.17. The molecule has 6 heteroatoms. The number of aryl methyl sites for hydroxylation is 1. The average Bonchev–Trinajstić information content (AvgIpc) is 3.06. The van der Waals surface area contributed by atoms with Gasteiger partial charge in [0.2, 0.25) is 5.91 Å². The van der Waals surface area contributed by atoms with E-state index in [0.717, 1.165) is 27.5 Å². The van der Waals surface area contributed by atoms with Crippen molar-refractivity contribution in [2.24, 2.45) is 0 Å². The molecule has 5 nitrogen and oxygen atoms in total. The number of para-hydroxylation sites is 1. The predicted molar refractivity (Wildman–Crippen MR) is 105 cm³/mol. The number of carbonyl (C=O) groups is 1. The number of aromatic nitrogens is 2. The third-order valence-corrected chi connectivity index (χ3v) is 4.79. The lowest BCUT2D eigenvalue weighted by molar-refractivity contribution is -0.115. The van der Waals surface area contributed by atoms with Gasteiger partial charge in [0.25, 0.3) is 0 Å². The first-order valence-electron chi connectivity index (χ1n) is 8.23. The largest absolute Gasteiger partial charge is 0.496 e. The maximum absolute atomic E-state index is 12.6. The Labute approximate surface area is 157 Å². The maximum atomic E-state index is 12.6. The van der Waals surface area contributed by atoms with Crippen LogP contribution in [0.1, 0.15) is 11.1 Å². The van der Waals surface area contributed by atoms with E-state index in [2.05, 4.69) is 10.4 Å². The van der Waals surface area contributed by atoms with Gasteiger partial charge in [-0.15, -0.1) is 11.8 Å². The van der Waals surface area contributed by atoms with Crippen molar-refractivity contribution in [2.45, 2.75) is 18.2 Å². The molecule has 0 spiro atoms. The van der Waals surface area contributed by atoms with Crippen LogP contribution >= 0.6 is 11.8 Å². The van der Waals surface area contributed by atoms with E-state index < -0.39 is 0 Å². The molecule has 0 fully saturated rings. The molecule has 134 valence electrons. The molecule has 0 saturated carbocycles. The van der Waals surface area contributed by atoms with Crippen molar-refractivity contribution in [3.05, 3.63) is 65.9 Å². The molecule has 0 aliphatic rings. The fourth-order valence-corrected chi connectivity index (χ4v) is 3.18. The van der Waals surface area contributed by atoms with Crippen LogP contribution in [0.4, 0.5) is 5.82 Å². The molecule has 1 N–H and O–H groups in total. The molecule has 1 aromatic heterocycles. The van der Waals surface area contributed by atoms with Crippen LogP contribution in [-0.4, -0.2) is 29.1 Å². The Morgan fingerprint density at radius 1 is 1.23 bits per heavy atom. The van der Waals surface area contributed by atoms with E-state index in [1.54, 1.807) is 29.8 Å². The SMILES string of the molecule is COc1cc(CC(=O)Nc2c(SC)cnn2-c2ccccc2)ccc1C. The number of nitrogens with zero attached hydrogens (tertiary/aromatic N) is 2. The summed E-state index contributed by atoms with van der Waals surface area (Å²) in [5.41, 5.74) is 2.85. The predicted octanol–water partition coefficient (Wildman–Crippen LogP) is 4.09. The minimum atomic E-state index is -0.0936. The molecule has 2 aromatic carbocycles. The number of rotatable bonds is 6. The highest BCUT2D eigenvalue weighted by molar-refractivity contribution is 7.98. The van der Waals surface area contributed by atoms with Gasteiger partial charge in [-0.25, -0.2) is 4.68 Å². The molecular formula is C20H21N3O2S. The fourth-order valence-electron chi connectivity index (χ4n) is 2.70. The van der Waals surface area contributed by atoms with E-state index in [1.165, 1.54) is 0 Å². The van der Waals surface area contributed by atoms with Crippen molar-refractivity contribution in [2.75, 3.05) is 18.7 Å². The zero-order valence-electron chi connectivity index (χ0n) is 15.0. The molecule has 0 aliphatic carbocycles. The lowest BCUT2D eigenvalue weighted by Gasteiger charge is -2.11. The van der Waals surface area contributed by atoms with Gasteiger partial charge in [0, 0.05) is 0 Å². The summed E-state index contributed by atoms with van der Waals surface area (Å²) in [4.78, 5) is 13.5. The molecule has 0 atom stereocenters. The topological polar surface area (TPSA) is 56.1 Å². The number of nitrogens with one attached hydrogen (secondary N) is 1. The van der Waals surface area contributed by atoms with Crippen molar-refractivity contribution in [1.82, 2.24) is 9.78 Å². The van der Waals surface area contributed by atoms with E-state index in [-0.39, 0.29) is 12.3 Å². The summed E-state index contributed by atoms with van der Waals surface area (Å²) < 4.78 is 7.09. The van der Waals surface area contributed by atoms with Crippen LogP contribution in [0, 0.1) is 6.92 Å². The van der Waals surface area contributed by atoms with Crippen molar-refractivity contribution in [3.8, 4) is 11.4 Å². The Balaban J connectivity index is 1.82. The molecule has 3 rings (SSSR count). The molecule has 1 heterocycles. The normalized spacial score (nSPS) is 10.6. The van der Waals surface area contributed by atoms with Crippen LogP contribution < -0.4 is 10.1 Å². The smallest absolute Gasteiger partial charge is 0.229 e. The summed E-state index contributed by atoms with van der Waals surface area (Å²) in [5.74, 6) is 1.38. The third-order valence-electron chi connectivity index (χ3n) is 4.05. The van der Waals surface area contributed by atoms with Crippen molar-refractivity contribution in [1.29, 1.82) is 0 Å². The third kappa shape index (κ3) is 3.91. The monoisotopic (exact) mass is 367 g/mol. The number of carbonyl (C=O) groups excluding carboxylic acids is 1. The second-order valence-corrected chi connectivity index (χ2v) is 6.69. The standard InChI is InChI=1S/C20H21N3O2S/c1-14-9-10-15(11-17(14)25-2)12-19(24)22-20-18(26-3)13-21-23(20)16-7-5-4-6-8-16/h4-11,13H,12H2,1-3H3,(H,22,24). The van der Waals surface area contributed by atoms with Gasteiger partial charge in [-0.2, -0.15) is 5.10 Å². The highest BCUT2D eigenvalue weighted by Gasteiger charge is 2.15. The van der Waals surface area contributed by atoms with Gasteiger partial charge in [0.1, 0.15) is 11.6 Å². The molecule has 26 heavy (non-hydrogen) atoms. The average molecular weight is 367 g/mol. The van der Waals surface area contributed by atoms with Gasteiger partial charge in [-0.05, 0) is 42.5 Å². The van der Waals surface area contributed by atoms with E-state index in [4.69, 9.17) is 4.74 Å². The second-order valence-electron chi connectivity index (χ2n) is 5.84. The van der Waals surface area contributed by atoms with Gasteiger partial charge in [0.15, 0.2) is 0 Å². The molecule has 0 radical (unpaired) electrons. The number of hydrogen-bond acceptors (Lipinski definition) is 4. The number of benzene rings is 2. The Bertz CT molecular complexity index is 907. The Kier molecular flexibility index (Phi) is 5.63. The van der Waals surface area contributed by atoms with Crippen molar-refractivity contribution >= 4 is 23.5 Å². The molecular weight excluding hydrogens is 346 g/mol. The summed E-state index contributed by atoms with van der Waals surface area (Å²) >= 11 is 1.55. The lowest BCUT2D eigenvalue weighted by atomic mass is 10.1. The second kappa shape index (κ2) is 8.10. The molecule has 0 unspecified atom stereocenters. The van der Waals surface area contributed by atoms with Crippen molar-refractivity contribution < 1.29 is 9.53 Å². The van der Waals surface area contributed by atoms with E-state index in [0.29, 0.717) is 5.82 Å². The fraction of sp³-hybridized carbons (Fsp3) is 0.200. The molecule has 3 aromatic rings. The summed E-state index contributed by atoms with van der Waals surface area (Å²) in [5, 5.41) is 7.43. The Hall–Kier alpha value is -2.73. The van der Waals surface area contributed by atoms with E-state index >= 15 is 0 Å². The number of methoxy groups -OCH3 is 1. The maximum Gasteiger partial charge on any atom is 0.229 e. The molecule has 0 bridgehead atoms. The molecule has 0 saturated heterocycles. The van der Waals surface area contributed by atoms with Crippen LogP contribution in [0.5, 0.6) is 5.75 Å². The van der Waals surface area contributed by atoms with Crippen LogP contribution in [0.3, 0.4) is 0 Å². The minimum absolute atomic E-state index is 0.0936. The van der Waals surface area contributed by atoms with E-state index in [1.807, 2.05) is 61.7 Å². The highest BCUT2D eigenvalue weighted by atomic mass is 32.2. The number of ether oxygens (including phenoxy) is 1. The number of hydrogen-bond donors (Lipinski definition) is 1. The van der Waals surface area contributed by atoms with Gasteiger partial charge in [-0.1, -0.05) is 30.3 Å². The van der Waals surface area contributed by atoms with Gasteiger partial charge in [0.05, 0.1) is 30.3 Å². The van der Waals surface area contributed by atoms with Crippen LogP contribution in [-0.2, 0) is 11.2 Å². The van der Waals surface area contributed by atoms with Gasteiger partial charge in [-0.3, -0.25) is 4.79 Å². The van der Waals surface area contributed by atoms with Crippen molar-refractivity contribution in [3.63, 3.8) is 0 Å². The zero-order valence-corrected chi connectivity index (χ0v) is 15.8. The van der Waals surface area contributed by atoms with Crippen LogP contribution in [0.15, 0.2) is 59.6 Å². The summed E-state index contributed by atoms with van der Waals surface area (Å²) in [6, 6.07) is 15.6. The Morgan fingerprint density at radius 3 is 2.69 bits per heavy atom. The minimum Gasteiger partial charge on any atom is -0.496 e. The van der Waals surface area contributed by atoms with Crippen LogP contribution in [0.2, 0.25) is 0 Å². The zero-order chi connectivity index (χ0) is 18.5. The first kappa shape index (κ1) is 18.1. The number of amides is 1.